The Morgan fingerprint density at radius 3 is 2.58 bits per heavy atom. The zero-order valence-electron chi connectivity index (χ0n) is 21.2. The fraction of sp³-hybridized carbons (Fsp3) is 0.615. The van der Waals surface area contributed by atoms with E-state index < -0.39 is 29.8 Å². The largest absolute Gasteiger partial charge is 0.444 e. The van der Waals surface area contributed by atoms with Crippen molar-refractivity contribution < 1.29 is 23.5 Å². The summed E-state index contributed by atoms with van der Waals surface area (Å²) in [6, 6.07) is 6.23. The predicted octanol–water partition coefficient (Wildman–Crippen LogP) is 2.58. The highest BCUT2D eigenvalue weighted by Crippen LogP contribution is 2.38. The molecule has 2 bridgehead atoms. The van der Waals surface area contributed by atoms with Gasteiger partial charge in [-0.05, 0) is 64.7 Å². The normalized spacial score (nSPS) is 25.6. The molecule has 5 atom stereocenters. The number of rotatable bonds is 6. The maximum absolute atomic E-state index is 13.4. The Labute approximate surface area is 211 Å². The number of carbonyl (C=O) groups excluding carboxylic acids is 3. The van der Waals surface area contributed by atoms with E-state index in [-0.39, 0.29) is 36.3 Å². The summed E-state index contributed by atoms with van der Waals surface area (Å²) < 4.78 is 18.7. The van der Waals surface area contributed by atoms with E-state index in [0.717, 1.165) is 12.0 Å². The summed E-state index contributed by atoms with van der Waals surface area (Å²) in [6.07, 6.45) is 1.25. The van der Waals surface area contributed by atoms with Crippen LogP contribution in [0.2, 0.25) is 0 Å². The second-order valence-electron chi connectivity index (χ2n) is 10.8. The van der Waals surface area contributed by atoms with E-state index in [1.165, 1.54) is 17.0 Å². The molecule has 0 radical (unpaired) electrons. The second kappa shape index (κ2) is 10.1. The molecule has 0 saturated carbocycles. The molecule has 3 heterocycles. The first kappa shape index (κ1) is 25.9. The van der Waals surface area contributed by atoms with E-state index in [2.05, 4.69) is 11.4 Å². The fourth-order valence-corrected chi connectivity index (χ4v) is 5.54. The number of nitriles is 1. The van der Waals surface area contributed by atoms with Crippen LogP contribution < -0.4 is 5.32 Å². The van der Waals surface area contributed by atoms with Crippen LogP contribution >= 0.6 is 0 Å². The number of piperazine rings is 1. The lowest BCUT2D eigenvalue weighted by Gasteiger charge is -2.39. The molecule has 36 heavy (non-hydrogen) atoms. The monoisotopic (exact) mass is 499 g/mol. The third-order valence-corrected chi connectivity index (χ3v) is 7.18. The van der Waals surface area contributed by atoms with E-state index in [4.69, 9.17) is 4.74 Å². The molecular weight excluding hydrogens is 465 g/mol. The SMILES string of the molecule is C[C@@H](c1ccc(F)cc1)N1C(=O)[C@@H]2C[C@H]1CN2C[C@H](NC(=O)OC(C)(C)C)C(=O)N1CCC[C@H]1C#N. The predicted molar refractivity (Wildman–Crippen MR) is 129 cm³/mol. The van der Waals surface area contributed by atoms with Crippen molar-refractivity contribution in [3.8, 4) is 6.07 Å². The van der Waals surface area contributed by atoms with Gasteiger partial charge in [0.1, 0.15) is 23.5 Å². The number of alkyl carbamates (subject to hydrolysis) is 1. The van der Waals surface area contributed by atoms with Crippen molar-refractivity contribution in [1.29, 1.82) is 5.26 Å². The van der Waals surface area contributed by atoms with Gasteiger partial charge in [0.15, 0.2) is 0 Å². The summed E-state index contributed by atoms with van der Waals surface area (Å²) in [5, 5.41) is 12.2. The van der Waals surface area contributed by atoms with Gasteiger partial charge in [-0.15, -0.1) is 0 Å². The first-order valence-corrected chi connectivity index (χ1v) is 12.5. The molecule has 1 N–H and O–H groups in total. The second-order valence-corrected chi connectivity index (χ2v) is 10.8. The quantitative estimate of drug-likeness (QED) is 0.645. The van der Waals surface area contributed by atoms with Crippen LogP contribution in [0.25, 0.3) is 0 Å². The zero-order valence-corrected chi connectivity index (χ0v) is 21.2. The van der Waals surface area contributed by atoms with Crippen LogP contribution in [0.5, 0.6) is 0 Å². The number of hydrogen-bond acceptors (Lipinski definition) is 6. The van der Waals surface area contributed by atoms with Gasteiger partial charge in [0.05, 0.1) is 18.2 Å². The van der Waals surface area contributed by atoms with E-state index in [9.17, 15) is 24.0 Å². The Morgan fingerprint density at radius 2 is 1.97 bits per heavy atom. The lowest BCUT2D eigenvalue weighted by Crippen LogP contribution is -2.59. The summed E-state index contributed by atoms with van der Waals surface area (Å²) in [5.41, 5.74) is 0.125. The van der Waals surface area contributed by atoms with E-state index in [1.807, 2.05) is 16.7 Å². The van der Waals surface area contributed by atoms with Gasteiger partial charge < -0.3 is 19.9 Å². The smallest absolute Gasteiger partial charge is 0.408 e. The highest BCUT2D eigenvalue weighted by Gasteiger charge is 2.52. The summed E-state index contributed by atoms with van der Waals surface area (Å²) in [6.45, 7) is 8.32. The molecule has 3 aliphatic rings. The Hall–Kier alpha value is -3.19. The van der Waals surface area contributed by atoms with Gasteiger partial charge in [0.2, 0.25) is 11.8 Å². The Kier molecular flexibility index (Phi) is 7.23. The van der Waals surface area contributed by atoms with Crippen molar-refractivity contribution >= 4 is 17.9 Å². The molecule has 1 aromatic carbocycles. The number of amides is 3. The number of carbonyl (C=O) groups is 3. The Balaban J connectivity index is 1.47. The molecule has 9 nitrogen and oxygen atoms in total. The van der Waals surface area contributed by atoms with E-state index in [0.29, 0.717) is 25.9 Å². The van der Waals surface area contributed by atoms with Gasteiger partial charge in [0.25, 0.3) is 0 Å². The van der Waals surface area contributed by atoms with Crippen LogP contribution in [0.3, 0.4) is 0 Å². The molecule has 194 valence electrons. The number of nitrogens with one attached hydrogen (secondary N) is 1. The molecule has 10 heteroatoms. The first-order valence-electron chi connectivity index (χ1n) is 12.5. The third-order valence-electron chi connectivity index (χ3n) is 7.18. The van der Waals surface area contributed by atoms with Crippen molar-refractivity contribution in [3.63, 3.8) is 0 Å². The van der Waals surface area contributed by atoms with E-state index >= 15 is 0 Å². The number of hydrogen-bond donors (Lipinski definition) is 1. The van der Waals surface area contributed by atoms with Crippen LogP contribution in [0.15, 0.2) is 24.3 Å². The molecule has 3 aliphatic heterocycles. The number of benzene rings is 1. The molecule has 0 unspecified atom stereocenters. The molecule has 3 amide bonds. The molecule has 0 aromatic heterocycles. The Bertz CT molecular complexity index is 1050. The average molecular weight is 500 g/mol. The van der Waals surface area contributed by atoms with Gasteiger partial charge >= 0.3 is 6.09 Å². The maximum Gasteiger partial charge on any atom is 0.408 e. The summed E-state index contributed by atoms with van der Waals surface area (Å²) >= 11 is 0. The summed E-state index contributed by atoms with van der Waals surface area (Å²) in [7, 11) is 0. The molecule has 0 spiro atoms. The standard InChI is InChI=1S/C26H34FN5O4/c1-16(17-7-9-18(27)10-8-17)32-20-12-22(24(32)34)30(14-20)15-21(29-25(35)36-26(2,3)4)23(33)31-11-5-6-19(31)13-28/h7-10,16,19-22H,5-6,11-12,14-15H2,1-4H3,(H,29,35)/t16-,19-,20-,21-,22-/m0/s1. The molecular formula is C26H34FN5O4. The van der Waals surface area contributed by atoms with Crippen LogP contribution in [-0.2, 0) is 14.3 Å². The van der Waals surface area contributed by atoms with Gasteiger partial charge in [-0.25, -0.2) is 9.18 Å². The molecule has 4 rings (SSSR count). The van der Waals surface area contributed by atoms with Gasteiger partial charge in [0, 0.05) is 25.7 Å². The topological polar surface area (TPSA) is 106 Å². The van der Waals surface area contributed by atoms with Crippen molar-refractivity contribution in [2.45, 2.75) is 82.8 Å². The summed E-state index contributed by atoms with van der Waals surface area (Å²) in [5.74, 6) is -0.699. The minimum Gasteiger partial charge on any atom is -0.444 e. The highest BCUT2D eigenvalue weighted by atomic mass is 19.1. The summed E-state index contributed by atoms with van der Waals surface area (Å²) in [4.78, 5) is 44.6. The number of nitrogens with zero attached hydrogens (tertiary/aromatic N) is 4. The van der Waals surface area contributed by atoms with Gasteiger partial charge in [-0.3, -0.25) is 14.5 Å². The van der Waals surface area contributed by atoms with Crippen molar-refractivity contribution in [1.82, 2.24) is 20.0 Å². The minimum atomic E-state index is -0.941. The molecule has 0 aliphatic carbocycles. The zero-order chi connectivity index (χ0) is 26.2. The van der Waals surface area contributed by atoms with Crippen LogP contribution in [-0.4, -0.2) is 82.0 Å². The van der Waals surface area contributed by atoms with Crippen LogP contribution in [0.4, 0.5) is 9.18 Å². The van der Waals surface area contributed by atoms with Crippen LogP contribution in [0, 0.1) is 17.1 Å². The fourth-order valence-electron chi connectivity index (χ4n) is 5.54. The van der Waals surface area contributed by atoms with E-state index in [1.54, 1.807) is 32.9 Å². The number of likely N-dealkylation sites (tertiary alicyclic amines) is 3. The Morgan fingerprint density at radius 1 is 1.28 bits per heavy atom. The highest BCUT2D eigenvalue weighted by molar-refractivity contribution is 5.88. The maximum atomic E-state index is 13.4. The van der Waals surface area contributed by atoms with Crippen molar-refractivity contribution in [2.24, 2.45) is 0 Å². The molecule has 1 aromatic rings. The first-order chi connectivity index (χ1) is 17.0. The number of ether oxygens (including phenoxy) is 1. The van der Waals surface area contributed by atoms with Gasteiger partial charge in [-0.2, -0.15) is 5.26 Å². The number of halogens is 1. The van der Waals surface area contributed by atoms with Crippen molar-refractivity contribution in [2.75, 3.05) is 19.6 Å². The minimum absolute atomic E-state index is 0.0392. The van der Waals surface area contributed by atoms with Crippen molar-refractivity contribution in [3.05, 3.63) is 35.6 Å². The molecule has 3 saturated heterocycles. The van der Waals surface area contributed by atoms with Crippen LogP contribution in [0.1, 0.15) is 58.6 Å². The molecule has 3 fully saturated rings. The van der Waals surface area contributed by atoms with Gasteiger partial charge in [-0.1, -0.05) is 12.1 Å². The number of fused-ring (bicyclic) bond motifs is 2. The lowest BCUT2D eigenvalue weighted by molar-refractivity contribution is -0.141. The lowest BCUT2D eigenvalue weighted by atomic mass is 10.1. The average Bonchev–Trinajstić information content (AvgIpc) is 3.51. The third kappa shape index (κ3) is 5.31.